The maximum atomic E-state index is 12.5. The van der Waals surface area contributed by atoms with E-state index in [0.717, 1.165) is 0 Å². The summed E-state index contributed by atoms with van der Waals surface area (Å²) >= 11 is 0. The van der Waals surface area contributed by atoms with Crippen molar-refractivity contribution in [2.45, 2.75) is 31.4 Å². The maximum Gasteiger partial charge on any atom is 0.162 e. The molecule has 0 saturated heterocycles. The number of halogens is 3. The molecule has 0 heterocycles. The highest BCUT2D eigenvalue weighted by atomic mass is 19.2. The molecule has 0 spiro atoms. The summed E-state index contributed by atoms with van der Waals surface area (Å²) in [4.78, 5) is 10.1. The molecule has 1 nitrogen and oxygen atoms in total. The average Bonchev–Trinajstić information content (AvgIpc) is 1.99. The van der Waals surface area contributed by atoms with E-state index >= 15 is 0 Å². The second-order valence-electron chi connectivity index (χ2n) is 2.84. The molecule has 1 aliphatic carbocycles. The molecule has 0 aromatic rings. The van der Waals surface area contributed by atoms with Crippen LogP contribution in [-0.4, -0.2) is 24.8 Å². The standard InChI is InChI=1S/C7H9F3O/c8-5-1-4(3-11)2-6(9)7(5)10/h3-7H,1-2H2. The number of carbonyl (C=O) groups is 1. The Morgan fingerprint density at radius 2 is 1.55 bits per heavy atom. The third kappa shape index (κ3) is 1.73. The summed E-state index contributed by atoms with van der Waals surface area (Å²) in [5.74, 6) is -0.646. The van der Waals surface area contributed by atoms with Crippen molar-refractivity contribution in [2.24, 2.45) is 5.92 Å². The number of hydrogen-bond acceptors (Lipinski definition) is 1. The zero-order chi connectivity index (χ0) is 8.43. The lowest BCUT2D eigenvalue weighted by atomic mass is 9.86. The van der Waals surface area contributed by atoms with Crippen molar-refractivity contribution in [3.63, 3.8) is 0 Å². The average molecular weight is 166 g/mol. The van der Waals surface area contributed by atoms with Gasteiger partial charge >= 0.3 is 0 Å². The zero-order valence-electron chi connectivity index (χ0n) is 5.84. The van der Waals surface area contributed by atoms with Crippen molar-refractivity contribution in [2.75, 3.05) is 0 Å². The number of hydrogen-bond donors (Lipinski definition) is 0. The molecule has 0 aliphatic heterocycles. The SMILES string of the molecule is O=CC1CC(F)C(F)C(F)C1. The van der Waals surface area contributed by atoms with Gasteiger partial charge in [0.1, 0.15) is 18.6 Å². The molecule has 1 saturated carbocycles. The highest BCUT2D eigenvalue weighted by Gasteiger charge is 2.38. The summed E-state index contributed by atoms with van der Waals surface area (Å²) in [5, 5.41) is 0. The van der Waals surface area contributed by atoms with Crippen LogP contribution in [0.25, 0.3) is 0 Å². The third-order valence-electron chi connectivity index (χ3n) is 1.94. The molecule has 4 heteroatoms. The van der Waals surface area contributed by atoms with Crippen molar-refractivity contribution < 1.29 is 18.0 Å². The van der Waals surface area contributed by atoms with Gasteiger partial charge in [-0.3, -0.25) is 0 Å². The Morgan fingerprint density at radius 1 is 1.09 bits per heavy atom. The van der Waals surface area contributed by atoms with Gasteiger partial charge in [-0.25, -0.2) is 13.2 Å². The molecule has 0 aromatic heterocycles. The Kier molecular flexibility index (Phi) is 2.52. The van der Waals surface area contributed by atoms with E-state index in [1.54, 1.807) is 0 Å². The molecular formula is C7H9F3O. The Balaban J connectivity index is 2.54. The van der Waals surface area contributed by atoms with Gasteiger partial charge in [-0.15, -0.1) is 0 Å². The van der Waals surface area contributed by atoms with E-state index < -0.39 is 24.4 Å². The van der Waals surface area contributed by atoms with E-state index in [2.05, 4.69) is 0 Å². The smallest absolute Gasteiger partial charge is 0.162 e. The molecule has 0 bridgehead atoms. The van der Waals surface area contributed by atoms with Crippen LogP contribution in [-0.2, 0) is 4.79 Å². The first kappa shape index (κ1) is 8.56. The van der Waals surface area contributed by atoms with Crippen LogP contribution in [0.15, 0.2) is 0 Å². The molecule has 0 N–H and O–H groups in total. The van der Waals surface area contributed by atoms with Gasteiger partial charge in [0.25, 0.3) is 0 Å². The fraction of sp³-hybridized carbons (Fsp3) is 0.857. The summed E-state index contributed by atoms with van der Waals surface area (Å²) < 4.78 is 37.4. The highest BCUT2D eigenvalue weighted by Crippen LogP contribution is 2.29. The van der Waals surface area contributed by atoms with Crippen molar-refractivity contribution in [3.05, 3.63) is 0 Å². The minimum Gasteiger partial charge on any atom is -0.303 e. The largest absolute Gasteiger partial charge is 0.303 e. The fourth-order valence-electron chi connectivity index (χ4n) is 1.27. The van der Waals surface area contributed by atoms with Crippen LogP contribution in [0.2, 0.25) is 0 Å². The normalized spacial score (nSPS) is 45.4. The van der Waals surface area contributed by atoms with E-state index in [4.69, 9.17) is 0 Å². The van der Waals surface area contributed by atoms with E-state index in [9.17, 15) is 18.0 Å². The number of aldehydes is 1. The third-order valence-corrected chi connectivity index (χ3v) is 1.94. The van der Waals surface area contributed by atoms with Crippen LogP contribution >= 0.6 is 0 Å². The van der Waals surface area contributed by atoms with Crippen molar-refractivity contribution in [3.8, 4) is 0 Å². The quantitative estimate of drug-likeness (QED) is 0.541. The highest BCUT2D eigenvalue weighted by molar-refractivity contribution is 5.54. The molecular weight excluding hydrogens is 157 g/mol. The second-order valence-corrected chi connectivity index (χ2v) is 2.84. The lowest BCUT2D eigenvalue weighted by molar-refractivity contribution is -0.114. The van der Waals surface area contributed by atoms with Crippen LogP contribution in [0.3, 0.4) is 0 Å². The minimum absolute atomic E-state index is 0.176. The van der Waals surface area contributed by atoms with Gasteiger partial charge < -0.3 is 4.79 Å². The lowest BCUT2D eigenvalue weighted by Crippen LogP contribution is -2.37. The van der Waals surface area contributed by atoms with Crippen LogP contribution in [0.1, 0.15) is 12.8 Å². The topological polar surface area (TPSA) is 17.1 Å². The Morgan fingerprint density at radius 3 is 1.91 bits per heavy atom. The molecule has 11 heavy (non-hydrogen) atoms. The maximum absolute atomic E-state index is 12.5. The van der Waals surface area contributed by atoms with Crippen LogP contribution in [0.4, 0.5) is 13.2 Å². The Bertz CT molecular complexity index is 139. The van der Waals surface area contributed by atoms with Gasteiger partial charge in [0.05, 0.1) is 0 Å². The fourth-order valence-corrected chi connectivity index (χ4v) is 1.27. The summed E-state index contributed by atoms with van der Waals surface area (Å²) in [6.45, 7) is 0. The van der Waals surface area contributed by atoms with E-state index in [0.29, 0.717) is 6.29 Å². The van der Waals surface area contributed by atoms with Gasteiger partial charge in [-0.1, -0.05) is 0 Å². The molecule has 0 radical (unpaired) electrons. The van der Waals surface area contributed by atoms with Gasteiger partial charge in [0, 0.05) is 5.92 Å². The molecule has 0 amide bonds. The lowest BCUT2D eigenvalue weighted by Gasteiger charge is -2.26. The van der Waals surface area contributed by atoms with Gasteiger partial charge in [-0.2, -0.15) is 0 Å². The van der Waals surface area contributed by atoms with E-state index in [1.807, 2.05) is 0 Å². The van der Waals surface area contributed by atoms with Crippen molar-refractivity contribution >= 4 is 6.29 Å². The monoisotopic (exact) mass is 166 g/mol. The van der Waals surface area contributed by atoms with Crippen LogP contribution in [0, 0.1) is 5.92 Å². The van der Waals surface area contributed by atoms with Crippen molar-refractivity contribution in [1.29, 1.82) is 0 Å². The second kappa shape index (κ2) is 3.24. The first-order chi connectivity index (χ1) is 5.15. The molecule has 2 unspecified atom stereocenters. The van der Waals surface area contributed by atoms with Gasteiger partial charge in [0.15, 0.2) is 6.17 Å². The molecule has 1 aliphatic rings. The molecule has 0 aromatic carbocycles. The first-order valence-electron chi connectivity index (χ1n) is 3.52. The van der Waals surface area contributed by atoms with Crippen LogP contribution < -0.4 is 0 Å². The molecule has 1 fully saturated rings. The predicted octanol–water partition coefficient (Wildman–Crippen LogP) is 1.61. The predicted molar refractivity (Wildman–Crippen MR) is 33.5 cm³/mol. The zero-order valence-corrected chi connectivity index (χ0v) is 5.84. The summed E-state index contributed by atoms with van der Waals surface area (Å²) in [7, 11) is 0. The molecule has 1 rings (SSSR count). The van der Waals surface area contributed by atoms with Gasteiger partial charge in [-0.05, 0) is 12.8 Å². The van der Waals surface area contributed by atoms with Crippen molar-refractivity contribution in [1.82, 2.24) is 0 Å². The number of rotatable bonds is 1. The summed E-state index contributed by atoms with van der Waals surface area (Å²) in [6.07, 6.45) is -5.52. The van der Waals surface area contributed by atoms with E-state index in [-0.39, 0.29) is 12.8 Å². The van der Waals surface area contributed by atoms with Gasteiger partial charge in [0.2, 0.25) is 0 Å². The number of carbonyl (C=O) groups excluding carboxylic acids is 1. The van der Waals surface area contributed by atoms with Crippen LogP contribution in [0.5, 0.6) is 0 Å². The molecule has 2 atom stereocenters. The Hall–Kier alpha value is -0.540. The molecule has 64 valence electrons. The first-order valence-corrected chi connectivity index (χ1v) is 3.52. The number of alkyl halides is 3. The Labute approximate surface area is 62.6 Å². The summed E-state index contributed by atoms with van der Waals surface area (Å²) in [6, 6.07) is 0. The van der Waals surface area contributed by atoms with E-state index in [1.165, 1.54) is 0 Å². The summed E-state index contributed by atoms with van der Waals surface area (Å²) in [5.41, 5.74) is 0. The minimum atomic E-state index is -2.04.